The quantitative estimate of drug-likeness (QED) is 0.495. The summed E-state index contributed by atoms with van der Waals surface area (Å²) in [6.07, 6.45) is 0. The van der Waals surface area contributed by atoms with Crippen molar-refractivity contribution in [2.45, 2.75) is 24.8 Å². The molecular weight excluding hydrogens is 452 g/mol. The molecule has 1 atom stereocenters. The average Bonchev–Trinajstić information content (AvgIpc) is 2.80. The van der Waals surface area contributed by atoms with Gasteiger partial charge in [-0.2, -0.15) is 4.72 Å². The van der Waals surface area contributed by atoms with E-state index in [1.54, 1.807) is 26.0 Å². The van der Waals surface area contributed by atoms with E-state index in [1.807, 2.05) is 0 Å². The van der Waals surface area contributed by atoms with Gasteiger partial charge in [-0.3, -0.25) is 9.59 Å². The van der Waals surface area contributed by atoms with Crippen molar-refractivity contribution in [3.05, 3.63) is 54.1 Å². The molecule has 0 unspecified atom stereocenters. The second-order valence-electron chi connectivity index (χ2n) is 7.25. The molecular formula is C22H26N2O8S. The second kappa shape index (κ2) is 11.4. The molecule has 0 radical (unpaired) electrons. The highest BCUT2D eigenvalue weighted by atomic mass is 32.2. The van der Waals surface area contributed by atoms with Crippen molar-refractivity contribution in [3.63, 3.8) is 0 Å². The first-order chi connectivity index (χ1) is 15.6. The van der Waals surface area contributed by atoms with E-state index in [4.69, 9.17) is 9.47 Å². The summed E-state index contributed by atoms with van der Waals surface area (Å²) in [5, 5.41) is 2.50. The summed E-state index contributed by atoms with van der Waals surface area (Å²) in [7, 11) is -1.33. The van der Waals surface area contributed by atoms with Crippen LogP contribution in [0.3, 0.4) is 0 Å². The number of sulfonamides is 1. The normalized spacial score (nSPS) is 12.0. The fourth-order valence-electron chi connectivity index (χ4n) is 2.71. The first kappa shape index (κ1) is 25.8. The first-order valence-electron chi connectivity index (χ1n) is 9.88. The van der Waals surface area contributed by atoms with Gasteiger partial charge in [-0.15, -0.1) is 0 Å². The maximum atomic E-state index is 12.7. The Kier molecular flexibility index (Phi) is 8.94. The number of benzene rings is 2. The van der Waals surface area contributed by atoms with E-state index in [1.165, 1.54) is 50.6 Å². The topological polar surface area (TPSA) is 137 Å². The van der Waals surface area contributed by atoms with Crippen molar-refractivity contribution < 1.29 is 37.0 Å². The Morgan fingerprint density at radius 1 is 1.00 bits per heavy atom. The predicted molar refractivity (Wildman–Crippen MR) is 119 cm³/mol. The van der Waals surface area contributed by atoms with Gasteiger partial charge in [0.25, 0.3) is 5.91 Å². The van der Waals surface area contributed by atoms with Crippen LogP contribution in [0, 0.1) is 5.92 Å². The Hall–Kier alpha value is -3.44. The van der Waals surface area contributed by atoms with Crippen LogP contribution in [0.1, 0.15) is 24.2 Å². The third-order valence-electron chi connectivity index (χ3n) is 4.49. The molecule has 2 aromatic carbocycles. The Labute approximate surface area is 192 Å². The van der Waals surface area contributed by atoms with Gasteiger partial charge in [-0.05, 0) is 48.4 Å². The van der Waals surface area contributed by atoms with Crippen LogP contribution in [-0.4, -0.2) is 53.1 Å². The number of hydrogen-bond acceptors (Lipinski definition) is 8. The average molecular weight is 479 g/mol. The van der Waals surface area contributed by atoms with Gasteiger partial charge in [0.2, 0.25) is 10.0 Å². The van der Waals surface area contributed by atoms with E-state index in [0.717, 1.165) is 0 Å². The second-order valence-corrected chi connectivity index (χ2v) is 8.96. The van der Waals surface area contributed by atoms with Crippen LogP contribution >= 0.6 is 0 Å². The van der Waals surface area contributed by atoms with E-state index in [-0.39, 0.29) is 10.5 Å². The molecule has 0 aliphatic heterocycles. The molecule has 11 heteroatoms. The maximum absolute atomic E-state index is 12.7. The zero-order chi connectivity index (χ0) is 24.6. The molecule has 2 N–H and O–H groups in total. The summed E-state index contributed by atoms with van der Waals surface area (Å²) in [6, 6.07) is 10.5. The fourth-order valence-corrected chi connectivity index (χ4v) is 4.04. The lowest BCUT2D eigenvalue weighted by molar-refractivity contribution is -0.150. The summed E-state index contributed by atoms with van der Waals surface area (Å²) < 4.78 is 42.3. The lowest BCUT2D eigenvalue weighted by Gasteiger charge is -2.20. The van der Waals surface area contributed by atoms with Crippen molar-refractivity contribution in [1.29, 1.82) is 0 Å². The zero-order valence-corrected chi connectivity index (χ0v) is 19.5. The van der Waals surface area contributed by atoms with Crippen molar-refractivity contribution >= 4 is 33.6 Å². The number of anilines is 1. The van der Waals surface area contributed by atoms with Gasteiger partial charge in [0, 0.05) is 5.69 Å². The number of amides is 1. The van der Waals surface area contributed by atoms with Crippen molar-refractivity contribution in [1.82, 2.24) is 4.72 Å². The van der Waals surface area contributed by atoms with Crippen molar-refractivity contribution in [2.75, 3.05) is 26.1 Å². The largest absolute Gasteiger partial charge is 0.497 e. The van der Waals surface area contributed by atoms with E-state index < -0.39 is 46.4 Å². The van der Waals surface area contributed by atoms with Crippen LogP contribution in [0.25, 0.3) is 0 Å². The van der Waals surface area contributed by atoms with Crippen LogP contribution in [0.5, 0.6) is 5.75 Å². The third kappa shape index (κ3) is 7.29. The van der Waals surface area contributed by atoms with Crippen LogP contribution < -0.4 is 14.8 Å². The molecule has 0 saturated carbocycles. The standard InChI is InChI=1S/C22H26N2O8S/c1-14(2)20(24-33(28,29)18-10-8-17(30-3)9-11-18)22(27)32-13-19(25)23-16-7-5-6-15(12-16)21(26)31-4/h5-12,14,20,24H,13H2,1-4H3,(H,23,25)/t20-/m0/s1. The number of carbonyl (C=O) groups is 3. The van der Waals surface area contributed by atoms with E-state index in [0.29, 0.717) is 11.4 Å². The van der Waals surface area contributed by atoms with Gasteiger partial charge < -0.3 is 19.5 Å². The Morgan fingerprint density at radius 3 is 2.24 bits per heavy atom. The number of carbonyl (C=O) groups excluding carboxylic acids is 3. The first-order valence-corrected chi connectivity index (χ1v) is 11.4. The summed E-state index contributed by atoms with van der Waals surface area (Å²) in [4.78, 5) is 36.2. The number of ether oxygens (including phenoxy) is 3. The molecule has 0 heterocycles. The molecule has 1 amide bonds. The van der Waals surface area contributed by atoms with E-state index >= 15 is 0 Å². The van der Waals surface area contributed by atoms with Crippen LogP contribution in [0.15, 0.2) is 53.4 Å². The maximum Gasteiger partial charge on any atom is 0.337 e. The van der Waals surface area contributed by atoms with Gasteiger partial charge in [0.05, 0.1) is 24.7 Å². The summed E-state index contributed by atoms with van der Waals surface area (Å²) in [5.74, 6) is -2.10. The molecule has 10 nitrogen and oxygen atoms in total. The van der Waals surface area contributed by atoms with Gasteiger partial charge in [0.1, 0.15) is 11.8 Å². The molecule has 0 bridgehead atoms. The number of rotatable bonds is 10. The van der Waals surface area contributed by atoms with E-state index in [9.17, 15) is 22.8 Å². The Bertz CT molecular complexity index is 1100. The van der Waals surface area contributed by atoms with Gasteiger partial charge in [-0.1, -0.05) is 19.9 Å². The molecule has 2 aromatic rings. The van der Waals surface area contributed by atoms with E-state index in [2.05, 4.69) is 14.8 Å². The molecule has 33 heavy (non-hydrogen) atoms. The molecule has 0 saturated heterocycles. The number of esters is 2. The molecule has 0 aliphatic rings. The zero-order valence-electron chi connectivity index (χ0n) is 18.7. The van der Waals surface area contributed by atoms with Crippen molar-refractivity contribution in [2.24, 2.45) is 5.92 Å². The smallest absolute Gasteiger partial charge is 0.337 e. The van der Waals surface area contributed by atoms with Gasteiger partial charge in [0.15, 0.2) is 6.61 Å². The summed E-state index contributed by atoms with van der Waals surface area (Å²) in [5.41, 5.74) is 0.541. The molecule has 0 aliphatic carbocycles. The van der Waals surface area contributed by atoms with Gasteiger partial charge in [-0.25, -0.2) is 13.2 Å². The molecule has 178 valence electrons. The number of nitrogens with one attached hydrogen (secondary N) is 2. The summed E-state index contributed by atoms with van der Waals surface area (Å²) in [6.45, 7) is 2.64. The summed E-state index contributed by atoms with van der Waals surface area (Å²) >= 11 is 0. The third-order valence-corrected chi connectivity index (χ3v) is 5.94. The van der Waals surface area contributed by atoms with Crippen LogP contribution in [-0.2, 0) is 29.1 Å². The monoisotopic (exact) mass is 478 g/mol. The van der Waals surface area contributed by atoms with Crippen LogP contribution in [0.2, 0.25) is 0 Å². The highest BCUT2D eigenvalue weighted by Crippen LogP contribution is 2.17. The molecule has 0 spiro atoms. The molecule has 0 aromatic heterocycles. The number of methoxy groups -OCH3 is 2. The van der Waals surface area contributed by atoms with Crippen molar-refractivity contribution in [3.8, 4) is 5.75 Å². The fraction of sp³-hybridized carbons (Fsp3) is 0.318. The highest BCUT2D eigenvalue weighted by molar-refractivity contribution is 7.89. The Balaban J connectivity index is 2.00. The minimum Gasteiger partial charge on any atom is -0.497 e. The highest BCUT2D eigenvalue weighted by Gasteiger charge is 2.30. The minimum absolute atomic E-state index is 0.0509. The SMILES string of the molecule is COC(=O)c1cccc(NC(=O)COC(=O)[C@@H](NS(=O)(=O)c2ccc(OC)cc2)C(C)C)c1. The van der Waals surface area contributed by atoms with Gasteiger partial charge >= 0.3 is 11.9 Å². The predicted octanol–water partition coefficient (Wildman–Crippen LogP) is 1.97. The Morgan fingerprint density at radius 2 is 1.67 bits per heavy atom. The van der Waals surface area contributed by atoms with Crippen LogP contribution in [0.4, 0.5) is 5.69 Å². The number of hydrogen-bond donors (Lipinski definition) is 2. The lowest BCUT2D eigenvalue weighted by Crippen LogP contribution is -2.45. The molecule has 0 fully saturated rings. The lowest BCUT2D eigenvalue weighted by atomic mass is 10.1. The molecule has 2 rings (SSSR count). The minimum atomic E-state index is -4.03.